The van der Waals surface area contributed by atoms with Crippen LogP contribution in [-0.2, 0) is 0 Å². The molecule has 3 rings (SSSR count). The number of aromatic carboxylic acids is 1. The molecule has 126 valence electrons. The molecule has 0 atom stereocenters. The monoisotopic (exact) mass is 393 g/mol. The zero-order chi connectivity index (χ0) is 18.0. The van der Waals surface area contributed by atoms with Gasteiger partial charge in [-0.05, 0) is 10.8 Å². The van der Waals surface area contributed by atoms with Crippen LogP contribution in [0.4, 0.5) is 5.69 Å². The van der Waals surface area contributed by atoms with E-state index in [4.69, 9.17) is 39.9 Å². The van der Waals surface area contributed by atoms with Crippen molar-refractivity contribution < 1.29 is 9.90 Å². The van der Waals surface area contributed by atoms with Crippen LogP contribution in [0.1, 0.15) is 16.1 Å². The van der Waals surface area contributed by atoms with Gasteiger partial charge in [0.15, 0.2) is 10.8 Å². The van der Waals surface area contributed by atoms with Crippen molar-refractivity contribution in [3.8, 4) is 0 Å². The van der Waals surface area contributed by atoms with Crippen molar-refractivity contribution in [3.05, 3.63) is 68.9 Å². The Hall–Kier alpha value is -2.34. The van der Waals surface area contributed by atoms with E-state index in [-0.39, 0.29) is 20.9 Å². The Bertz CT molecular complexity index is 1000. The first kappa shape index (κ1) is 17.5. The minimum atomic E-state index is -1.32. The van der Waals surface area contributed by atoms with Gasteiger partial charge in [0, 0.05) is 5.56 Å². The van der Waals surface area contributed by atoms with Gasteiger partial charge in [0.2, 0.25) is 0 Å². The lowest BCUT2D eigenvalue weighted by atomic mass is 10.1. The van der Waals surface area contributed by atoms with Crippen molar-refractivity contribution in [3.63, 3.8) is 0 Å². The Balaban J connectivity index is 1.96. The van der Waals surface area contributed by atoms with E-state index < -0.39 is 11.7 Å². The number of rotatable bonds is 4. The fourth-order valence-corrected chi connectivity index (χ4v) is 2.95. The maximum Gasteiger partial charge on any atom is 0.356 e. The van der Waals surface area contributed by atoms with Crippen LogP contribution in [0.15, 0.2) is 47.6 Å². The van der Waals surface area contributed by atoms with Crippen LogP contribution in [0, 0.1) is 0 Å². The number of halogens is 3. The average molecular weight is 395 g/mol. The number of fused-ring (bicyclic) bond motifs is 1. The van der Waals surface area contributed by atoms with Gasteiger partial charge < -0.3 is 5.11 Å². The highest BCUT2D eigenvalue weighted by Gasteiger charge is 2.20. The van der Waals surface area contributed by atoms with Crippen LogP contribution in [0.5, 0.6) is 0 Å². The number of hydrogen-bond acceptors (Lipinski definition) is 4. The molecule has 0 unspecified atom stereocenters. The van der Waals surface area contributed by atoms with Gasteiger partial charge in [0.25, 0.3) is 0 Å². The maximum atomic E-state index is 11.2. The summed E-state index contributed by atoms with van der Waals surface area (Å²) in [5.74, 6) is -1.32. The number of nitrogens with zero attached hydrogens (tertiary/aromatic N) is 2. The first-order valence-corrected chi connectivity index (χ1v) is 8.17. The third-order valence-corrected chi connectivity index (χ3v) is 4.55. The van der Waals surface area contributed by atoms with Crippen LogP contribution < -0.4 is 5.43 Å². The fourth-order valence-electron chi connectivity index (χ4n) is 2.28. The van der Waals surface area contributed by atoms with Crippen LogP contribution in [-0.4, -0.2) is 22.3 Å². The van der Waals surface area contributed by atoms with Crippen LogP contribution in [0.25, 0.3) is 10.8 Å². The quantitative estimate of drug-likeness (QED) is 0.356. The summed E-state index contributed by atoms with van der Waals surface area (Å²) in [4.78, 5) is 14.8. The summed E-state index contributed by atoms with van der Waals surface area (Å²) in [5, 5.41) is 15.0. The van der Waals surface area contributed by atoms with E-state index in [9.17, 15) is 4.79 Å². The minimum Gasteiger partial charge on any atom is -0.476 e. The molecule has 0 saturated heterocycles. The SMILES string of the molecule is O=C(O)c1nc(Cl)c(Cl)c(NN=Cc2cccc3ccccc23)c1Cl. The Morgan fingerprint density at radius 1 is 1.08 bits per heavy atom. The van der Waals surface area contributed by atoms with Crippen LogP contribution in [0.3, 0.4) is 0 Å². The molecule has 3 aromatic rings. The molecule has 0 radical (unpaired) electrons. The van der Waals surface area contributed by atoms with E-state index in [2.05, 4.69) is 15.5 Å². The van der Waals surface area contributed by atoms with E-state index >= 15 is 0 Å². The second-order valence-electron chi connectivity index (χ2n) is 5.00. The molecule has 0 fully saturated rings. The van der Waals surface area contributed by atoms with Gasteiger partial charge in [0.1, 0.15) is 10.0 Å². The van der Waals surface area contributed by atoms with Gasteiger partial charge in [-0.3, -0.25) is 5.43 Å². The molecule has 8 heteroatoms. The Labute approximate surface area is 157 Å². The highest BCUT2D eigenvalue weighted by molar-refractivity contribution is 6.46. The fraction of sp³-hybridized carbons (Fsp3) is 0. The lowest BCUT2D eigenvalue weighted by Crippen LogP contribution is -2.05. The molecule has 25 heavy (non-hydrogen) atoms. The maximum absolute atomic E-state index is 11.2. The van der Waals surface area contributed by atoms with Crippen molar-refractivity contribution >= 4 is 63.4 Å². The zero-order valence-electron chi connectivity index (χ0n) is 12.5. The number of aromatic nitrogens is 1. The highest BCUT2D eigenvalue weighted by Crippen LogP contribution is 2.36. The molecule has 2 N–H and O–H groups in total. The van der Waals surface area contributed by atoms with E-state index in [1.54, 1.807) is 6.21 Å². The van der Waals surface area contributed by atoms with Crippen molar-refractivity contribution in [2.24, 2.45) is 5.10 Å². The minimum absolute atomic E-state index is 0.00765. The van der Waals surface area contributed by atoms with Gasteiger partial charge in [-0.2, -0.15) is 5.10 Å². The van der Waals surface area contributed by atoms with E-state index in [1.165, 1.54) is 0 Å². The van der Waals surface area contributed by atoms with E-state index in [0.29, 0.717) is 0 Å². The molecule has 0 aliphatic carbocycles. The molecule has 1 heterocycles. The lowest BCUT2D eigenvalue weighted by Gasteiger charge is -2.09. The molecular weight excluding hydrogens is 385 g/mol. The molecule has 0 aliphatic rings. The Kier molecular flexibility index (Phi) is 5.08. The number of hydrogen-bond donors (Lipinski definition) is 2. The molecule has 0 amide bonds. The summed E-state index contributed by atoms with van der Waals surface area (Å²) in [6, 6.07) is 13.7. The van der Waals surface area contributed by atoms with Gasteiger partial charge in [-0.15, -0.1) is 0 Å². The number of nitrogens with one attached hydrogen (secondary N) is 1. The van der Waals surface area contributed by atoms with E-state index in [1.807, 2.05) is 42.5 Å². The summed E-state index contributed by atoms with van der Waals surface area (Å²) in [6.07, 6.45) is 1.59. The smallest absolute Gasteiger partial charge is 0.356 e. The number of pyridine rings is 1. The largest absolute Gasteiger partial charge is 0.476 e. The molecular formula is C17H10Cl3N3O2. The van der Waals surface area contributed by atoms with Gasteiger partial charge >= 0.3 is 5.97 Å². The normalized spacial score (nSPS) is 11.2. The standard InChI is InChI=1S/C17H10Cl3N3O2/c18-12-14(13(19)16(20)22-15(12)17(24)25)23-21-8-10-6-3-5-9-4-1-2-7-11(9)10/h1-8H,(H,22,23)(H,24,25). The molecule has 2 aromatic carbocycles. The molecule has 0 saturated carbocycles. The summed E-state index contributed by atoms with van der Waals surface area (Å²) < 4.78 is 0. The molecule has 0 bridgehead atoms. The first-order chi connectivity index (χ1) is 12.0. The highest BCUT2D eigenvalue weighted by atomic mass is 35.5. The number of hydrazone groups is 1. The van der Waals surface area contributed by atoms with Crippen molar-refractivity contribution in [1.29, 1.82) is 0 Å². The first-order valence-electron chi connectivity index (χ1n) is 7.03. The lowest BCUT2D eigenvalue weighted by molar-refractivity contribution is 0.0691. The molecule has 1 aromatic heterocycles. The summed E-state index contributed by atoms with van der Waals surface area (Å²) in [6.45, 7) is 0. The Morgan fingerprint density at radius 3 is 2.56 bits per heavy atom. The van der Waals surface area contributed by atoms with Crippen LogP contribution >= 0.6 is 34.8 Å². The number of carboxylic acid groups (broad SMARTS) is 1. The van der Waals surface area contributed by atoms with Gasteiger partial charge in [0.05, 0.1) is 11.9 Å². The van der Waals surface area contributed by atoms with Crippen molar-refractivity contribution in [2.75, 3.05) is 5.43 Å². The van der Waals surface area contributed by atoms with Crippen molar-refractivity contribution in [2.45, 2.75) is 0 Å². The summed E-state index contributed by atoms with van der Waals surface area (Å²) in [7, 11) is 0. The van der Waals surface area contributed by atoms with Gasteiger partial charge in [-0.25, -0.2) is 9.78 Å². The average Bonchev–Trinajstić information content (AvgIpc) is 2.61. The van der Waals surface area contributed by atoms with Gasteiger partial charge in [-0.1, -0.05) is 77.3 Å². The van der Waals surface area contributed by atoms with Crippen molar-refractivity contribution in [1.82, 2.24) is 4.98 Å². The topological polar surface area (TPSA) is 74.6 Å². The predicted molar refractivity (Wildman–Crippen MR) is 101 cm³/mol. The summed E-state index contributed by atoms with van der Waals surface area (Å²) in [5.41, 5.74) is 3.20. The molecule has 0 spiro atoms. The number of carboxylic acids is 1. The molecule has 0 aliphatic heterocycles. The van der Waals surface area contributed by atoms with E-state index in [0.717, 1.165) is 16.3 Å². The second-order valence-corrected chi connectivity index (χ2v) is 6.11. The third kappa shape index (κ3) is 3.54. The zero-order valence-corrected chi connectivity index (χ0v) is 14.8. The second kappa shape index (κ2) is 7.27. The number of anilines is 1. The van der Waals surface area contributed by atoms with Crippen LogP contribution in [0.2, 0.25) is 15.2 Å². The third-order valence-electron chi connectivity index (χ3n) is 3.44. The molecule has 5 nitrogen and oxygen atoms in total. The summed E-state index contributed by atoms with van der Waals surface area (Å²) >= 11 is 17.9. The number of benzene rings is 2. The number of carbonyl (C=O) groups is 1. The Morgan fingerprint density at radius 2 is 1.80 bits per heavy atom. The predicted octanol–water partition coefficient (Wildman–Crippen LogP) is 5.34.